The summed E-state index contributed by atoms with van der Waals surface area (Å²) in [6.45, 7) is 1.21. The summed E-state index contributed by atoms with van der Waals surface area (Å²) >= 11 is 0. The summed E-state index contributed by atoms with van der Waals surface area (Å²) in [6, 6.07) is 6.90. The number of esters is 1. The normalized spacial score (nSPS) is 11.5. The third-order valence-corrected chi connectivity index (χ3v) is 3.57. The van der Waals surface area contributed by atoms with E-state index < -0.39 is 23.4 Å². The molecule has 0 unspecified atom stereocenters. The largest absolute Gasteiger partial charge is 0.467 e. The maximum atomic E-state index is 12.3. The van der Waals surface area contributed by atoms with Crippen LogP contribution in [-0.2, 0) is 9.53 Å². The number of carbonyl (C=O) groups excluding carboxylic acids is 2. The Morgan fingerprint density at radius 3 is 2.65 bits per heavy atom. The molecule has 1 atom stereocenters. The number of rotatable bonds is 7. The van der Waals surface area contributed by atoms with E-state index in [2.05, 4.69) is 5.32 Å². The van der Waals surface area contributed by atoms with Gasteiger partial charge in [0.05, 0.1) is 28.5 Å². The monoisotopic (exact) mass is 361 g/mol. The van der Waals surface area contributed by atoms with Crippen molar-refractivity contribution in [3.8, 4) is 0 Å². The van der Waals surface area contributed by atoms with Crippen LogP contribution in [0, 0.1) is 10.1 Å². The molecule has 0 spiro atoms. The van der Waals surface area contributed by atoms with E-state index in [1.54, 1.807) is 38.1 Å². The van der Waals surface area contributed by atoms with Crippen LogP contribution in [0.1, 0.15) is 29.1 Å². The Bertz CT molecular complexity index is 801. The first kappa shape index (κ1) is 19.0. The Morgan fingerprint density at radius 2 is 2.08 bits per heavy atom. The molecule has 0 aliphatic carbocycles. The molecule has 1 amide bonds. The number of furan rings is 1. The van der Waals surface area contributed by atoms with Crippen molar-refractivity contribution in [1.82, 2.24) is 5.32 Å². The van der Waals surface area contributed by atoms with Gasteiger partial charge in [-0.15, -0.1) is 0 Å². The van der Waals surface area contributed by atoms with E-state index >= 15 is 0 Å². The quantitative estimate of drug-likeness (QED) is 0.457. The van der Waals surface area contributed by atoms with E-state index in [9.17, 15) is 19.7 Å². The SMILES string of the molecule is C[C@H](NC(=O)COC(=O)c1cc([N+](=O)[O-])ccc1N(C)C)c1ccco1. The number of benzene rings is 1. The molecular weight excluding hydrogens is 342 g/mol. The molecule has 1 aromatic heterocycles. The molecule has 26 heavy (non-hydrogen) atoms. The van der Waals surface area contributed by atoms with Gasteiger partial charge in [-0.1, -0.05) is 0 Å². The summed E-state index contributed by atoms with van der Waals surface area (Å²) in [7, 11) is 3.38. The van der Waals surface area contributed by atoms with E-state index in [1.807, 2.05) is 0 Å². The van der Waals surface area contributed by atoms with Crippen LogP contribution in [-0.4, -0.2) is 37.5 Å². The summed E-state index contributed by atoms with van der Waals surface area (Å²) < 4.78 is 10.2. The van der Waals surface area contributed by atoms with Crippen LogP contribution in [0.25, 0.3) is 0 Å². The number of ether oxygens (including phenoxy) is 1. The molecule has 0 aliphatic rings. The summed E-state index contributed by atoms with van der Waals surface area (Å²) in [6.07, 6.45) is 1.49. The maximum Gasteiger partial charge on any atom is 0.341 e. The average Bonchev–Trinajstić information content (AvgIpc) is 3.13. The maximum absolute atomic E-state index is 12.3. The number of hydrogen-bond acceptors (Lipinski definition) is 7. The molecule has 0 bridgehead atoms. The van der Waals surface area contributed by atoms with Gasteiger partial charge in [0.15, 0.2) is 6.61 Å². The highest BCUT2D eigenvalue weighted by atomic mass is 16.6. The summed E-state index contributed by atoms with van der Waals surface area (Å²) in [5, 5.41) is 13.6. The van der Waals surface area contributed by atoms with Crippen molar-refractivity contribution in [3.05, 3.63) is 58.0 Å². The van der Waals surface area contributed by atoms with E-state index in [4.69, 9.17) is 9.15 Å². The summed E-state index contributed by atoms with van der Waals surface area (Å²) in [4.78, 5) is 36.2. The van der Waals surface area contributed by atoms with Crippen molar-refractivity contribution in [2.75, 3.05) is 25.6 Å². The number of anilines is 1. The van der Waals surface area contributed by atoms with Crippen LogP contribution >= 0.6 is 0 Å². The molecule has 0 aliphatic heterocycles. The van der Waals surface area contributed by atoms with Crippen LogP contribution < -0.4 is 10.2 Å². The minimum atomic E-state index is -0.821. The van der Waals surface area contributed by atoms with Crippen LogP contribution in [0.5, 0.6) is 0 Å². The second-order valence-corrected chi connectivity index (χ2v) is 5.73. The molecule has 138 valence electrons. The number of nitrogens with one attached hydrogen (secondary N) is 1. The predicted molar refractivity (Wildman–Crippen MR) is 93.0 cm³/mol. The van der Waals surface area contributed by atoms with Crippen LogP contribution in [0.2, 0.25) is 0 Å². The number of amides is 1. The molecule has 9 heteroatoms. The number of nitro benzene ring substituents is 1. The standard InChI is InChI=1S/C17H19N3O6/c1-11(15-5-4-8-25-15)18-16(21)10-26-17(22)13-9-12(20(23)24)6-7-14(13)19(2)3/h4-9,11H,10H2,1-3H3,(H,18,21)/t11-/m0/s1. The van der Waals surface area contributed by atoms with Crippen molar-refractivity contribution >= 4 is 23.3 Å². The molecule has 9 nitrogen and oxygen atoms in total. The van der Waals surface area contributed by atoms with Crippen molar-refractivity contribution in [3.63, 3.8) is 0 Å². The zero-order valence-corrected chi connectivity index (χ0v) is 14.6. The number of hydrogen-bond donors (Lipinski definition) is 1. The summed E-state index contributed by atoms with van der Waals surface area (Å²) in [5.74, 6) is -0.768. The molecule has 0 fully saturated rings. The van der Waals surface area contributed by atoms with Gasteiger partial charge in [0.1, 0.15) is 5.76 Å². The lowest BCUT2D eigenvalue weighted by atomic mass is 10.1. The second-order valence-electron chi connectivity index (χ2n) is 5.73. The van der Waals surface area contributed by atoms with Crippen LogP contribution in [0.15, 0.2) is 41.0 Å². The minimum absolute atomic E-state index is 0.0103. The molecular formula is C17H19N3O6. The van der Waals surface area contributed by atoms with Gasteiger partial charge in [-0.25, -0.2) is 4.79 Å². The third-order valence-electron chi connectivity index (χ3n) is 3.57. The van der Waals surface area contributed by atoms with E-state index in [0.717, 1.165) is 6.07 Å². The molecule has 1 heterocycles. The molecule has 1 aromatic carbocycles. The van der Waals surface area contributed by atoms with Gasteiger partial charge in [-0.2, -0.15) is 0 Å². The Labute approximate surface area is 149 Å². The lowest BCUT2D eigenvalue weighted by Gasteiger charge is -2.16. The fourth-order valence-corrected chi connectivity index (χ4v) is 2.29. The highest BCUT2D eigenvalue weighted by Crippen LogP contribution is 2.25. The van der Waals surface area contributed by atoms with Gasteiger partial charge in [0.2, 0.25) is 0 Å². The molecule has 0 saturated heterocycles. The van der Waals surface area contributed by atoms with E-state index in [1.165, 1.54) is 18.4 Å². The number of nitro groups is 1. The van der Waals surface area contributed by atoms with Gasteiger partial charge in [-0.3, -0.25) is 14.9 Å². The number of nitrogens with zero attached hydrogens (tertiary/aromatic N) is 2. The highest BCUT2D eigenvalue weighted by Gasteiger charge is 2.20. The Morgan fingerprint density at radius 1 is 1.35 bits per heavy atom. The Balaban J connectivity index is 2.03. The Hall–Kier alpha value is -3.36. The first-order valence-electron chi connectivity index (χ1n) is 7.75. The molecule has 1 N–H and O–H groups in total. The van der Waals surface area contributed by atoms with Gasteiger partial charge in [0, 0.05) is 26.2 Å². The summed E-state index contributed by atoms with van der Waals surface area (Å²) in [5.41, 5.74) is 0.222. The first-order valence-corrected chi connectivity index (χ1v) is 7.75. The lowest BCUT2D eigenvalue weighted by molar-refractivity contribution is -0.384. The zero-order chi connectivity index (χ0) is 19.3. The molecule has 2 aromatic rings. The van der Waals surface area contributed by atoms with Crippen molar-refractivity contribution in [2.45, 2.75) is 13.0 Å². The van der Waals surface area contributed by atoms with Gasteiger partial charge in [0.25, 0.3) is 11.6 Å². The van der Waals surface area contributed by atoms with E-state index in [0.29, 0.717) is 11.4 Å². The molecule has 0 radical (unpaired) electrons. The molecule has 2 rings (SSSR count). The fraction of sp³-hybridized carbons (Fsp3) is 0.294. The number of non-ortho nitro benzene ring substituents is 1. The van der Waals surface area contributed by atoms with Crippen LogP contribution in [0.3, 0.4) is 0 Å². The first-order chi connectivity index (χ1) is 12.3. The van der Waals surface area contributed by atoms with Crippen molar-refractivity contribution in [1.29, 1.82) is 0 Å². The third kappa shape index (κ3) is 4.59. The van der Waals surface area contributed by atoms with Gasteiger partial charge in [-0.05, 0) is 25.1 Å². The second kappa shape index (κ2) is 8.15. The van der Waals surface area contributed by atoms with Crippen LogP contribution in [0.4, 0.5) is 11.4 Å². The van der Waals surface area contributed by atoms with Gasteiger partial charge >= 0.3 is 5.97 Å². The molecule has 0 saturated carbocycles. The highest BCUT2D eigenvalue weighted by molar-refractivity contribution is 5.97. The van der Waals surface area contributed by atoms with E-state index in [-0.39, 0.29) is 17.3 Å². The smallest absolute Gasteiger partial charge is 0.341 e. The van der Waals surface area contributed by atoms with Crippen molar-refractivity contribution in [2.24, 2.45) is 0 Å². The predicted octanol–water partition coefficient (Wildman–Crippen LogP) is 2.29. The lowest BCUT2D eigenvalue weighted by Crippen LogP contribution is -2.31. The minimum Gasteiger partial charge on any atom is -0.467 e. The van der Waals surface area contributed by atoms with Gasteiger partial charge < -0.3 is 19.4 Å². The van der Waals surface area contributed by atoms with Crippen molar-refractivity contribution < 1.29 is 23.7 Å². The topological polar surface area (TPSA) is 115 Å². The Kier molecular flexibility index (Phi) is 5.94. The fourth-order valence-electron chi connectivity index (χ4n) is 2.29. The average molecular weight is 361 g/mol. The number of carbonyl (C=O) groups is 2. The zero-order valence-electron chi connectivity index (χ0n) is 14.6.